The molecular weight excluding hydrogens is 354 g/mol. The van der Waals surface area contributed by atoms with Gasteiger partial charge in [-0.2, -0.15) is 5.10 Å². The summed E-state index contributed by atoms with van der Waals surface area (Å²) in [6.45, 7) is 0.727. The molecule has 0 saturated carbocycles. The van der Waals surface area contributed by atoms with E-state index in [0.717, 1.165) is 36.1 Å². The highest BCUT2D eigenvalue weighted by molar-refractivity contribution is 5.79. The van der Waals surface area contributed by atoms with Crippen LogP contribution < -0.4 is 10.5 Å². The maximum absolute atomic E-state index is 12.9. The fraction of sp³-hybridized carbons (Fsp3) is 0.286. The number of aromatic amines is 1. The molecule has 0 aliphatic carbocycles. The molecule has 144 valence electrons. The van der Waals surface area contributed by atoms with Gasteiger partial charge >= 0.3 is 0 Å². The molecule has 3 N–H and O–H groups in total. The third-order valence-corrected chi connectivity index (χ3v) is 5.02. The highest BCUT2D eigenvalue weighted by Crippen LogP contribution is 2.35. The van der Waals surface area contributed by atoms with Crippen molar-refractivity contribution in [3.05, 3.63) is 60.6 Å². The number of piperidine rings is 1. The van der Waals surface area contributed by atoms with Crippen LogP contribution in [0.3, 0.4) is 0 Å². The number of H-pyrrole nitrogens is 1. The van der Waals surface area contributed by atoms with E-state index in [4.69, 9.17) is 10.5 Å². The zero-order chi connectivity index (χ0) is 19.3. The zero-order valence-electron chi connectivity index (χ0n) is 15.5. The Kier molecular flexibility index (Phi) is 5.23. The number of rotatable bonds is 5. The van der Waals surface area contributed by atoms with E-state index in [1.54, 1.807) is 12.4 Å². The average Bonchev–Trinajstić information content (AvgIpc) is 3.22. The van der Waals surface area contributed by atoms with Gasteiger partial charge in [-0.25, -0.2) is 4.98 Å². The third kappa shape index (κ3) is 3.83. The number of benzene rings is 1. The largest absolute Gasteiger partial charge is 0.484 e. The van der Waals surface area contributed by atoms with Gasteiger partial charge in [0.2, 0.25) is 0 Å². The summed E-state index contributed by atoms with van der Waals surface area (Å²) in [4.78, 5) is 18.9. The molecule has 28 heavy (non-hydrogen) atoms. The number of amides is 1. The topological polar surface area (TPSA) is 97.1 Å². The van der Waals surface area contributed by atoms with Crippen LogP contribution in [0, 0.1) is 0 Å². The number of pyridine rings is 1. The summed E-state index contributed by atoms with van der Waals surface area (Å²) < 4.78 is 5.68. The van der Waals surface area contributed by atoms with Gasteiger partial charge in [0, 0.05) is 18.3 Å². The zero-order valence-corrected chi connectivity index (χ0v) is 15.5. The first-order valence-electron chi connectivity index (χ1n) is 9.45. The summed E-state index contributed by atoms with van der Waals surface area (Å²) in [6, 6.07) is 13.1. The molecule has 1 atom stereocenters. The highest BCUT2D eigenvalue weighted by atomic mass is 16.5. The highest BCUT2D eigenvalue weighted by Gasteiger charge is 2.31. The van der Waals surface area contributed by atoms with Gasteiger partial charge in [-0.15, -0.1) is 0 Å². The Balaban J connectivity index is 1.55. The Morgan fingerprint density at radius 1 is 1.25 bits per heavy atom. The second kappa shape index (κ2) is 8.12. The van der Waals surface area contributed by atoms with Crippen molar-refractivity contribution in [1.29, 1.82) is 0 Å². The third-order valence-electron chi connectivity index (χ3n) is 5.02. The van der Waals surface area contributed by atoms with E-state index in [2.05, 4.69) is 15.2 Å². The van der Waals surface area contributed by atoms with Crippen molar-refractivity contribution in [3.8, 4) is 16.9 Å². The Labute approximate surface area is 163 Å². The number of anilines is 1. The van der Waals surface area contributed by atoms with E-state index in [1.807, 2.05) is 47.4 Å². The number of ether oxygens (including phenoxy) is 1. The number of carbonyl (C=O) groups is 1. The Morgan fingerprint density at radius 2 is 2.11 bits per heavy atom. The van der Waals surface area contributed by atoms with E-state index >= 15 is 0 Å². The lowest BCUT2D eigenvalue weighted by Crippen LogP contribution is -2.41. The molecule has 7 nitrogen and oxygen atoms in total. The number of nitrogens with one attached hydrogen (secondary N) is 1. The van der Waals surface area contributed by atoms with Crippen molar-refractivity contribution in [2.45, 2.75) is 25.3 Å². The van der Waals surface area contributed by atoms with Crippen molar-refractivity contribution in [3.63, 3.8) is 0 Å². The first-order valence-corrected chi connectivity index (χ1v) is 9.45. The first kappa shape index (κ1) is 18.0. The predicted molar refractivity (Wildman–Crippen MR) is 106 cm³/mol. The van der Waals surface area contributed by atoms with Crippen LogP contribution in [-0.4, -0.2) is 39.1 Å². The number of hydrogen-bond donors (Lipinski definition) is 2. The molecule has 1 saturated heterocycles. The van der Waals surface area contributed by atoms with Gasteiger partial charge in [0.1, 0.15) is 11.6 Å². The number of hydrogen-bond acceptors (Lipinski definition) is 5. The lowest BCUT2D eigenvalue weighted by molar-refractivity contribution is -0.137. The second-order valence-corrected chi connectivity index (χ2v) is 6.87. The molecular formula is C21H23N5O2. The minimum absolute atomic E-state index is 0.0200. The quantitative estimate of drug-likeness (QED) is 0.712. The molecule has 7 heteroatoms. The lowest BCUT2D eigenvalue weighted by atomic mass is 9.94. The predicted octanol–water partition coefficient (Wildman–Crippen LogP) is 3.19. The van der Waals surface area contributed by atoms with Gasteiger partial charge in [0.05, 0.1) is 17.9 Å². The van der Waals surface area contributed by atoms with Crippen molar-refractivity contribution in [1.82, 2.24) is 20.1 Å². The summed E-state index contributed by atoms with van der Waals surface area (Å²) in [5.41, 5.74) is 8.66. The van der Waals surface area contributed by atoms with Crippen LogP contribution >= 0.6 is 0 Å². The van der Waals surface area contributed by atoms with Crippen molar-refractivity contribution >= 4 is 11.7 Å². The summed E-state index contributed by atoms with van der Waals surface area (Å²) in [7, 11) is 0. The summed E-state index contributed by atoms with van der Waals surface area (Å²) in [5.74, 6) is 1.12. The van der Waals surface area contributed by atoms with Crippen LogP contribution in [0.15, 0.2) is 54.9 Å². The number of carbonyl (C=O) groups excluding carboxylic acids is 1. The summed E-state index contributed by atoms with van der Waals surface area (Å²) in [6.07, 6.45) is 6.39. The average molecular weight is 377 g/mol. The van der Waals surface area contributed by atoms with Gasteiger partial charge in [-0.05, 0) is 49.1 Å². The van der Waals surface area contributed by atoms with Crippen LogP contribution in [0.1, 0.15) is 31.0 Å². The van der Waals surface area contributed by atoms with Gasteiger partial charge in [0.15, 0.2) is 6.61 Å². The molecule has 3 aromatic rings. The van der Waals surface area contributed by atoms with Crippen molar-refractivity contribution in [2.75, 3.05) is 18.9 Å². The standard InChI is InChI=1S/C21H23N5O2/c22-19-12-15(9-10-23-19)17-13-24-25-21(17)18-8-4-5-11-26(18)20(27)14-28-16-6-2-1-3-7-16/h1-3,6-7,9-10,12-13,18H,4-5,8,11,14H2,(H2,22,23)(H,24,25). The normalized spacial score (nSPS) is 16.7. The van der Waals surface area contributed by atoms with Gasteiger partial charge < -0.3 is 15.4 Å². The van der Waals surface area contributed by atoms with Crippen LogP contribution in [0.5, 0.6) is 5.75 Å². The van der Waals surface area contributed by atoms with E-state index in [-0.39, 0.29) is 18.6 Å². The van der Waals surface area contributed by atoms with Crippen molar-refractivity contribution in [2.24, 2.45) is 0 Å². The Hall–Kier alpha value is -3.35. The maximum Gasteiger partial charge on any atom is 0.261 e. The SMILES string of the molecule is Nc1cc(-c2cn[nH]c2C2CCCCN2C(=O)COc2ccccc2)ccn1. The molecule has 1 aliphatic heterocycles. The molecule has 4 rings (SSSR count). The van der Waals surface area contributed by atoms with E-state index in [1.165, 1.54) is 0 Å². The van der Waals surface area contributed by atoms with Crippen LogP contribution in [-0.2, 0) is 4.79 Å². The molecule has 0 radical (unpaired) electrons. The van der Waals surface area contributed by atoms with E-state index in [0.29, 0.717) is 18.1 Å². The number of aromatic nitrogens is 3. The summed E-state index contributed by atoms with van der Waals surface area (Å²) in [5, 5.41) is 7.34. The number of likely N-dealkylation sites (tertiary alicyclic amines) is 1. The van der Waals surface area contributed by atoms with E-state index < -0.39 is 0 Å². The lowest BCUT2D eigenvalue weighted by Gasteiger charge is -2.35. The minimum atomic E-state index is -0.0625. The number of nitrogens with two attached hydrogens (primary N) is 1. The first-order chi connectivity index (χ1) is 13.7. The smallest absolute Gasteiger partial charge is 0.261 e. The molecule has 3 heterocycles. The van der Waals surface area contributed by atoms with Crippen LogP contribution in [0.4, 0.5) is 5.82 Å². The molecule has 0 bridgehead atoms. The number of para-hydroxylation sites is 1. The monoisotopic (exact) mass is 377 g/mol. The molecule has 2 aromatic heterocycles. The fourth-order valence-electron chi connectivity index (χ4n) is 3.67. The summed E-state index contributed by atoms with van der Waals surface area (Å²) >= 11 is 0. The number of nitrogen functional groups attached to an aromatic ring is 1. The molecule has 1 amide bonds. The maximum atomic E-state index is 12.9. The second-order valence-electron chi connectivity index (χ2n) is 6.87. The molecule has 1 aliphatic rings. The number of nitrogens with zero attached hydrogens (tertiary/aromatic N) is 3. The molecule has 0 spiro atoms. The van der Waals surface area contributed by atoms with Gasteiger partial charge in [0.25, 0.3) is 5.91 Å². The Morgan fingerprint density at radius 3 is 2.93 bits per heavy atom. The fourth-order valence-corrected chi connectivity index (χ4v) is 3.67. The molecule has 1 aromatic carbocycles. The Bertz CT molecular complexity index is 941. The van der Waals surface area contributed by atoms with Gasteiger partial charge in [-0.3, -0.25) is 9.89 Å². The van der Waals surface area contributed by atoms with Crippen LogP contribution in [0.2, 0.25) is 0 Å². The van der Waals surface area contributed by atoms with Crippen molar-refractivity contribution < 1.29 is 9.53 Å². The molecule has 1 fully saturated rings. The van der Waals surface area contributed by atoms with E-state index in [9.17, 15) is 4.79 Å². The minimum Gasteiger partial charge on any atom is -0.484 e. The molecule has 1 unspecified atom stereocenters. The van der Waals surface area contributed by atoms with Crippen LogP contribution in [0.25, 0.3) is 11.1 Å². The van der Waals surface area contributed by atoms with Gasteiger partial charge in [-0.1, -0.05) is 18.2 Å².